The summed E-state index contributed by atoms with van der Waals surface area (Å²) in [7, 11) is 1.59. The van der Waals surface area contributed by atoms with Crippen LogP contribution in [0.5, 0.6) is 5.75 Å². The molecule has 1 aromatic carbocycles. The average molecular weight is 371 g/mol. The molecule has 2 aromatic heterocycles. The largest absolute Gasteiger partial charge is 0.497 e. The third-order valence-corrected chi connectivity index (χ3v) is 4.59. The number of aromatic nitrogens is 3. The molecule has 0 saturated heterocycles. The van der Waals surface area contributed by atoms with Crippen molar-refractivity contribution in [1.29, 1.82) is 0 Å². The van der Waals surface area contributed by atoms with Crippen LogP contribution in [0.3, 0.4) is 0 Å². The van der Waals surface area contributed by atoms with Crippen molar-refractivity contribution in [3.63, 3.8) is 0 Å². The van der Waals surface area contributed by atoms with E-state index < -0.39 is 0 Å². The van der Waals surface area contributed by atoms with Crippen molar-refractivity contribution in [2.75, 3.05) is 19.0 Å². The Labute approximate surface area is 156 Å². The number of carbonyl (C=O) groups excluding carboxylic acids is 1. The molecule has 7 nitrogen and oxygen atoms in total. The van der Waals surface area contributed by atoms with E-state index in [2.05, 4.69) is 20.7 Å². The van der Waals surface area contributed by atoms with Gasteiger partial charge in [-0.25, -0.2) is 14.5 Å². The summed E-state index contributed by atoms with van der Waals surface area (Å²) in [6.07, 6.45) is 0.654. The van der Waals surface area contributed by atoms with Gasteiger partial charge in [0.2, 0.25) is 5.13 Å². The zero-order valence-electron chi connectivity index (χ0n) is 14.9. The lowest BCUT2D eigenvalue weighted by atomic mass is 10.3. The van der Waals surface area contributed by atoms with Gasteiger partial charge in [0, 0.05) is 35.8 Å². The number of anilines is 1. The molecule has 3 rings (SSSR count). The van der Waals surface area contributed by atoms with E-state index in [1.54, 1.807) is 24.5 Å². The average Bonchev–Trinajstić information content (AvgIpc) is 3.21. The quantitative estimate of drug-likeness (QED) is 0.696. The summed E-state index contributed by atoms with van der Waals surface area (Å²) in [6.45, 7) is 4.46. The molecule has 3 aromatic rings. The van der Waals surface area contributed by atoms with E-state index in [9.17, 15) is 4.79 Å². The second-order valence-corrected chi connectivity index (χ2v) is 6.66. The molecule has 2 heterocycles. The third-order valence-electron chi connectivity index (χ3n) is 3.72. The second kappa shape index (κ2) is 8.01. The first-order valence-corrected chi connectivity index (χ1v) is 9.10. The van der Waals surface area contributed by atoms with E-state index >= 15 is 0 Å². The normalized spacial score (nSPS) is 10.6. The molecule has 26 heavy (non-hydrogen) atoms. The van der Waals surface area contributed by atoms with Crippen molar-refractivity contribution in [3.05, 3.63) is 52.8 Å². The first-order chi connectivity index (χ1) is 12.5. The molecule has 0 fully saturated rings. The van der Waals surface area contributed by atoms with Crippen molar-refractivity contribution < 1.29 is 9.53 Å². The van der Waals surface area contributed by atoms with Gasteiger partial charge in [0.25, 0.3) is 0 Å². The Bertz CT molecular complexity index is 903. The Balaban J connectivity index is 1.50. The number of aryl methyl sites for hydroxylation is 2. The summed E-state index contributed by atoms with van der Waals surface area (Å²) >= 11 is 1.54. The molecule has 0 aliphatic rings. The highest BCUT2D eigenvalue weighted by atomic mass is 32.1. The molecule has 136 valence electrons. The molecule has 2 N–H and O–H groups in total. The van der Waals surface area contributed by atoms with Crippen LogP contribution in [0.4, 0.5) is 10.5 Å². The minimum absolute atomic E-state index is 0.257. The Morgan fingerprint density at radius 1 is 1.31 bits per heavy atom. The zero-order chi connectivity index (χ0) is 18.5. The van der Waals surface area contributed by atoms with Gasteiger partial charge in [-0.1, -0.05) is 6.07 Å². The third kappa shape index (κ3) is 4.40. The van der Waals surface area contributed by atoms with Gasteiger partial charge in [-0.15, -0.1) is 11.3 Å². The number of urea groups is 1. The summed E-state index contributed by atoms with van der Waals surface area (Å²) in [5.74, 6) is 0.696. The zero-order valence-corrected chi connectivity index (χ0v) is 15.8. The number of hydrogen-bond donors (Lipinski definition) is 2. The highest BCUT2D eigenvalue weighted by Gasteiger charge is 2.09. The van der Waals surface area contributed by atoms with Crippen LogP contribution in [0.15, 0.2) is 35.7 Å². The van der Waals surface area contributed by atoms with Gasteiger partial charge in [-0.2, -0.15) is 5.10 Å². The molecule has 0 atom stereocenters. The fourth-order valence-electron chi connectivity index (χ4n) is 2.51. The van der Waals surface area contributed by atoms with E-state index in [1.165, 1.54) is 0 Å². The number of amides is 2. The maximum absolute atomic E-state index is 12.0. The van der Waals surface area contributed by atoms with Crippen molar-refractivity contribution in [2.45, 2.75) is 20.3 Å². The molecule has 0 bridgehead atoms. The van der Waals surface area contributed by atoms with Gasteiger partial charge in [0.1, 0.15) is 5.75 Å². The number of rotatable bonds is 6. The second-order valence-electron chi connectivity index (χ2n) is 5.82. The molecular weight excluding hydrogens is 350 g/mol. The topological polar surface area (TPSA) is 81.1 Å². The van der Waals surface area contributed by atoms with Gasteiger partial charge < -0.3 is 15.4 Å². The number of hydrogen-bond acceptors (Lipinski definition) is 5. The van der Waals surface area contributed by atoms with Crippen molar-refractivity contribution in [1.82, 2.24) is 20.1 Å². The first kappa shape index (κ1) is 17.9. The number of carbonyl (C=O) groups is 1. The summed E-state index contributed by atoms with van der Waals surface area (Å²) in [5.41, 5.74) is 3.64. The van der Waals surface area contributed by atoms with Crippen LogP contribution in [-0.2, 0) is 6.42 Å². The fourth-order valence-corrected chi connectivity index (χ4v) is 3.38. The van der Waals surface area contributed by atoms with Crippen LogP contribution in [0.2, 0.25) is 0 Å². The van der Waals surface area contributed by atoms with Crippen LogP contribution in [0.25, 0.3) is 5.13 Å². The van der Waals surface area contributed by atoms with E-state index in [1.807, 2.05) is 48.2 Å². The van der Waals surface area contributed by atoms with E-state index in [-0.39, 0.29) is 6.03 Å². The molecule has 0 radical (unpaired) electrons. The molecule has 0 aliphatic carbocycles. The van der Waals surface area contributed by atoms with Crippen LogP contribution in [0.1, 0.15) is 17.1 Å². The molecule has 0 saturated carbocycles. The minimum Gasteiger partial charge on any atom is -0.497 e. The van der Waals surface area contributed by atoms with E-state index in [0.29, 0.717) is 24.4 Å². The van der Waals surface area contributed by atoms with Gasteiger partial charge in [-0.05, 0) is 32.0 Å². The predicted molar refractivity (Wildman–Crippen MR) is 102 cm³/mol. The summed E-state index contributed by atoms with van der Waals surface area (Å²) in [4.78, 5) is 16.6. The number of nitrogens with one attached hydrogen (secondary N) is 2. The maximum Gasteiger partial charge on any atom is 0.319 e. The lowest BCUT2D eigenvalue weighted by Crippen LogP contribution is -2.30. The van der Waals surface area contributed by atoms with Gasteiger partial charge >= 0.3 is 6.03 Å². The Morgan fingerprint density at radius 3 is 2.88 bits per heavy atom. The monoisotopic (exact) mass is 371 g/mol. The number of benzene rings is 1. The predicted octanol–water partition coefficient (Wildman–Crippen LogP) is 3.32. The van der Waals surface area contributed by atoms with Crippen LogP contribution < -0.4 is 15.4 Å². The first-order valence-electron chi connectivity index (χ1n) is 8.22. The fraction of sp³-hybridized carbons (Fsp3) is 0.278. The van der Waals surface area contributed by atoms with Crippen molar-refractivity contribution in [2.24, 2.45) is 0 Å². The molecule has 8 heteroatoms. The van der Waals surface area contributed by atoms with E-state index in [4.69, 9.17) is 4.74 Å². The number of methoxy groups -OCH3 is 1. The standard InChI is InChI=1S/C18H21N5O2S/c1-12-9-13(2)23(22-12)18-21-15(11-26-18)7-8-19-17(24)20-14-5-4-6-16(10-14)25-3/h4-6,9-11H,7-8H2,1-3H3,(H2,19,20,24). The summed E-state index contributed by atoms with van der Waals surface area (Å²) in [6, 6.07) is 8.98. The number of nitrogens with zero attached hydrogens (tertiary/aromatic N) is 3. The Kier molecular flexibility index (Phi) is 5.52. The lowest BCUT2D eigenvalue weighted by Gasteiger charge is -2.08. The van der Waals surface area contributed by atoms with Gasteiger partial charge in [-0.3, -0.25) is 0 Å². The van der Waals surface area contributed by atoms with Crippen molar-refractivity contribution >= 4 is 23.1 Å². The molecule has 0 spiro atoms. The van der Waals surface area contributed by atoms with Crippen LogP contribution >= 0.6 is 11.3 Å². The molecule has 2 amide bonds. The summed E-state index contributed by atoms with van der Waals surface area (Å²) < 4.78 is 6.98. The van der Waals surface area contributed by atoms with Crippen LogP contribution in [0, 0.1) is 13.8 Å². The molecule has 0 aliphatic heterocycles. The maximum atomic E-state index is 12.0. The minimum atomic E-state index is -0.257. The van der Waals surface area contributed by atoms with Crippen LogP contribution in [-0.4, -0.2) is 34.5 Å². The lowest BCUT2D eigenvalue weighted by molar-refractivity contribution is 0.252. The van der Waals surface area contributed by atoms with Gasteiger partial charge in [0.05, 0.1) is 18.5 Å². The SMILES string of the molecule is COc1cccc(NC(=O)NCCc2csc(-n3nc(C)cc3C)n2)c1. The smallest absolute Gasteiger partial charge is 0.319 e. The number of thiazole rings is 1. The van der Waals surface area contributed by atoms with Crippen molar-refractivity contribution in [3.8, 4) is 10.9 Å². The highest BCUT2D eigenvalue weighted by Crippen LogP contribution is 2.18. The van der Waals surface area contributed by atoms with E-state index in [0.717, 1.165) is 22.2 Å². The summed E-state index contributed by atoms with van der Waals surface area (Å²) in [5, 5.41) is 12.9. The highest BCUT2D eigenvalue weighted by molar-refractivity contribution is 7.12. The van der Waals surface area contributed by atoms with Gasteiger partial charge in [0.15, 0.2) is 0 Å². The number of ether oxygens (including phenoxy) is 1. The Hall–Kier alpha value is -2.87. The molecular formula is C18H21N5O2S. The molecule has 0 unspecified atom stereocenters. The Morgan fingerprint density at radius 2 is 2.15 bits per heavy atom.